The Kier molecular flexibility index (Phi) is 5.34. The third-order valence-corrected chi connectivity index (χ3v) is 5.33. The standard InChI is InChI=1S/C17H22N2O5S/c1-5-19(11-15(20)18-17(2,3)4)25(22,23)13-7-8-14-12(10-13)6-9-16(21)24-14/h6-10H,5,11H2,1-4H3,(H,18,20). The van der Waals surface area contributed by atoms with Crippen molar-refractivity contribution in [3.05, 3.63) is 40.8 Å². The van der Waals surface area contributed by atoms with Crippen LogP contribution in [0.2, 0.25) is 0 Å². The summed E-state index contributed by atoms with van der Waals surface area (Å²) in [5.74, 6) is -0.371. The van der Waals surface area contributed by atoms with Crippen LogP contribution in [0.3, 0.4) is 0 Å². The first-order valence-electron chi connectivity index (χ1n) is 7.88. The number of nitrogens with one attached hydrogen (secondary N) is 1. The molecule has 2 rings (SSSR count). The number of fused-ring (bicyclic) bond motifs is 1. The zero-order valence-corrected chi connectivity index (χ0v) is 15.5. The SMILES string of the molecule is CCN(CC(=O)NC(C)(C)C)S(=O)(=O)c1ccc2oc(=O)ccc2c1. The molecule has 1 N–H and O–H groups in total. The van der Waals surface area contributed by atoms with Crippen LogP contribution in [0.4, 0.5) is 0 Å². The van der Waals surface area contributed by atoms with Crippen molar-refractivity contribution in [3.8, 4) is 0 Å². The number of likely N-dealkylation sites (N-methyl/N-ethyl adjacent to an activating group) is 1. The van der Waals surface area contributed by atoms with Crippen molar-refractivity contribution in [1.82, 2.24) is 9.62 Å². The van der Waals surface area contributed by atoms with Crippen molar-refractivity contribution in [2.24, 2.45) is 0 Å². The first-order chi connectivity index (χ1) is 11.5. The highest BCUT2D eigenvalue weighted by atomic mass is 32.2. The van der Waals surface area contributed by atoms with Crippen LogP contribution in [0.25, 0.3) is 11.0 Å². The zero-order valence-electron chi connectivity index (χ0n) is 14.7. The maximum atomic E-state index is 12.8. The van der Waals surface area contributed by atoms with Gasteiger partial charge in [0.25, 0.3) is 0 Å². The molecule has 1 amide bonds. The second-order valence-corrected chi connectivity index (χ2v) is 8.62. The van der Waals surface area contributed by atoms with E-state index >= 15 is 0 Å². The lowest BCUT2D eigenvalue weighted by Crippen LogP contribution is -2.47. The van der Waals surface area contributed by atoms with Crippen LogP contribution >= 0.6 is 0 Å². The van der Waals surface area contributed by atoms with E-state index in [0.717, 1.165) is 4.31 Å². The summed E-state index contributed by atoms with van der Waals surface area (Å²) in [7, 11) is -3.85. The summed E-state index contributed by atoms with van der Waals surface area (Å²) in [6.45, 7) is 7.04. The molecule has 0 bridgehead atoms. The summed E-state index contributed by atoms with van der Waals surface area (Å²) in [6, 6.07) is 6.96. The van der Waals surface area contributed by atoms with Gasteiger partial charge in [0.2, 0.25) is 15.9 Å². The topological polar surface area (TPSA) is 96.7 Å². The average Bonchev–Trinajstić information content (AvgIpc) is 2.50. The maximum absolute atomic E-state index is 12.8. The Hall–Kier alpha value is -2.19. The second kappa shape index (κ2) is 6.97. The van der Waals surface area contributed by atoms with Gasteiger partial charge in [-0.05, 0) is 45.0 Å². The molecule has 0 saturated carbocycles. The van der Waals surface area contributed by atoms with Crippen molar-refractivity contribution in [2.75, 3.05) is 13.1 Å². The average molecular weight is 366 g/mol. The normalized spacial score (nSPS) is 12.5. The van der Waals surface area contributed by atoms with Gasteiger partial charge in [-0.25, -0.2) is 13.2 Å². The van der Waals surface area contributed by atoms with Gasteiger partial charge in [-0.1, -0.05) is 6.92 Å². The van der Waals surface area contributed by atoms with Gasteiger partial charge in [-0.2, -0.15) is 4.31 Å². The molecule has 0 fully saturated rings. The molecule has 7 nitrogen and oxygen atoms in total. The van der Waals surface area contributed by atoms with Gasteiger partial charge in [0, 0.05) is 23.5 Å². The number of amides is 1. The molecule has 8 heteroatoms. The minimum atomic E-state index is -3.85. The highest BCUT2D eigenvalue weighted by Crippen LogP contribution is 2.21. The molecule has 0 aliphatic rings. The number of carbonyl (C=O) groups is 1. The Morgan fingerprint density at radius 3 is 2.48 bits per heavy atom. The van der Waals surface area contributed by atoms with Crippen molar-refractivity contribution < 1.29 is 17.6 Å². The third kappa shape index (κ3) is 4.67. The molecule has 0 spiro atoms. The number of benzene rings is 1. The predicted molar refractivity (Wildman–Crippen MR) is 94.8 cm³/mol. The third-order valence-electron chi connectivity index (χ3n) is 3.42. The lowest BCUT2D eigenvalue weighted by atomic mass is 10.1. The molecule has 136 valence electrons. The maximum Gasteiger partial charge on any atom is 0.336 e. The van der Waals surface area contributed by atoms with Gasteiger partial charge in [0.05, 0.1) is 11.4 Å². The molecule has 0 unspecified atom stereocenters. The van der Waals surface area contributed by atoms with Gasteiger partial charge >= 0.3 is 5.63 Å². The lowest BCUT2D eigenvalue weighted by molar-refractivity contribution is -0.122. The monoisotopic (exact) mass is 366 g/mol. The van der Waals surface area contributed by atoms with E-state index in [0.29, 0.717) is 11.0 Å². The Bertz CT molecular complexity index is 941. The van der Waals surface area contributed by atoms with Crippen LogP contribution < -0.4 is 10.9 Å². The van der Waals surface area contributed by atoms with Crippen LogP contribution in [0, 0.1) is 0 Å². The molecular formula is C17H22N2O5S. The molecule has 0 atom stereocenters. The van der Waals surface area contributed by atoms with E-state index in [2.05, 4.69) is 5.32 Å². The molecule has 0 aliphatic heterocycles. The van der Waals surface area contributed by atoms with Gasteiger partial charge in [0.1, 0.15) is 5.58 Å². The van der Waals surface area contributed by atoms with E-state index in [1.54, 1.807) is 6.92 Å². The molecule has 2 aromatic rings. The molecular weight excluding hydrogens is 344 g/mol. The van der Waals surface area contributed by atoms with E-state index in [1.165, 1.54) is 30.3 Å². The number of hydrogen-bond donors (Lipinski definition) is 1. The molecule has 1 heterocycles. The van der Waals surface area contributed by atoms with Gasteiger partial charge in [0.15, 0.2) is 0 Å². The first-order valence-corrected chi connectivity index (χ1v) is 9.32. The zero-order chi connectivity index (χ0) is 18.8. The van der Waals surface area contributed by atoms with Gasteiger partial charge in [-0.15, -0.1) is 0 Å². The van der Waals surface area contributed by atoms with Crippen LogP contribution in [-0.4, -0.2) is 37.3 Å². The van der Waals surface area contributed by atoms with Gasteiger partial charge in [-0.3, -0.25) is 4.79 Å². The number of hydrogen-bond acceptors (Lipinski definition) is 5. The first kappa shape index (κ1) is 19.1. The quantitative estimate of drug-likeness (QED) is 0.813. The van der Waals surface area contributed by atoms with Crippen LogP contribution in [0.5, 0.6) is 0 Å². The summed E-state index contributed by atoms with van der Waals surface area (Å²) < 4.78 is 31.8. The molecule has 0 radical (unpaired) electrons. The van der Waals surface area contributed by atoms with Crippen LogP contribution in [-0.2, 0) is 14.8 Å². The van der Waals surface area contributed by atoms with Crippen molar-refractivity contribution >= 4 is 26.9 Å². The van der Waals surface area contributed by atoms with E-state index in [9.17, 15) is 18.0 Å². The minimum absolute atomic E-state index is 0.0410. The molecule has 0 saturated heterocycles. The van der Waals surface area contributed by atoms with E-state index < -0.39 is 21.2 Å². The summed E-state index contributed by atoms with van der Waals surface area (Å²) in [5, 5.41) is 3.24. The van der Waals surface area contributed by atoms with Crippen molar-refractivity contribution in [2.45, 2.75) is 38.1 Å². The fraction of sp³-hybridized carbons (Fsp3) is 0.412. The Morgan fingerprint density at radius 2 is 1.88 bits per heavy atom. The van der Waals surface area contributed by atoms with Crippen LogP contribution in [0.1, 0.15) is 27.7 Å². The number of rotatable bonds is 5. The fourth-order valence-electron chi connectivity index (χ4n) is 2.34. The van der Waals surface area contributed by atoms with E-state index in [-0.39, 0.29) is 23.9 Å². The smallest absolute Gasteiger partial charge is 0.336 e. The van der Waals surface area contributed by atoms with Crippen molar-refractivity contribution in [3.63, 3.8) is 0 Å². The lowest BCUT2D eigenvalue weighted by Gasteiger charge is -2.24. The fourth-order valence-corrected chi connectivity index (χ4v) is 3.79. The largest absolute Gasteiger partial charge is 0.423 e. The number of nitrogens with zero attached hydrogens (tertiary/aromatic N) is 1. The second-order valence-electron chi connectivity index (χ2n) is 6.68. The summed E-state index contributed by atoms with van der Waals surface area (Å²) in [5.41, 5.74) is -0.641. The Balaban J connectivity index is 2.33. The van der Waals surface area contributed by atoms with Crippen LogP contribution in [0.15, 0.2) is 44.4 Å². The highest BCUT2D eigenvalue weighted by molar-refractivity contribution is 7.89. The van der Waals surface area contributed by atoms with E-state index in [1.807, 2.05) is 20.8 Å². The number of carbonyl (C=O) groups excluding carboxylic acids is 1. The Labute approximate surface area is 146 Å². The van der Waals surface area contributed by atoms with E-state index in [4.69, 9.17) is 4.42 Å². The summed E-state index contributed by atoms with van der Waals surface area (Å²) in [4.78, 5) is 23.3. The highest BCUT2D eigenvalue weighted by Gasteiger charge is 2.26. The van der Waals surface area contributed by atoms with Crippen molar-refractivity contribution in [1.29, 1.82) is 0 Å². The summed E-state index contributed by atoms with van der Waals surface area (Å²) in [6.07, 6.45) is 0. The minimum Gasteiger partial charge on any atom is -0.423 e. The molecule has 1 aromatic carbocycles. The predicted octanol–water partition coefficient (Wildman–Crippen LogP) is 1.72. The Morgan fingerprint density at radius 1 is 1.20 bits per heavy atom. The molecule has 1 aromatic heterocycles. The number of sulfonamides is 1. The molecule has 0 aliphatic carbocycles. The molecule has 25 heavy (non-hydrogen) atoms. The summed E-state index contributed by atoms with van der Waals surface area (Å²) >= 11 is 0. The van der Waals surface area contributed by atoms with Gasteiger partial charge < -0.3 is 9.73 Å².